The molecule has 2 aliphatic heterocycles. The number of carbonyl (C=O) groups excluding carboxylic acids is 1. The van der Waals surface area contributed by atoms with Crippen LogP contribution in [0.5, 0.6) is 0 Å². The molecule has 1 atom stereocenters. The molecule has 2 aliphatic rings. The number of nitro benzene ring substituents is 1. The molecule has 29 heavy (non-hydrogen) atoms. The second-order valence-corrected chi connectivity index (χ2v) is 7.32. The highest BCUT2D eigenvalue weighted by Crippen LogP contribution is 2.32. The maximum absolute atomic E-state index is 13.2. The smallest absolute Gasteiger partial charge is 0.293 e. The van der Waals surface area contributed by atoms with Gasteiger partial charge in [0.1, 0.15) is 17.6 Å². The minimum absolute atomic E-state index is 0.0407. The maximum atomic E-state index is 13.2. The molecule has 0 spiro atoms. The van der Waals surface area contributed by atoms with Gasteiger partial charge in [-0.05, 0) is 42.7 Å². The minimum atomic E-state index is -0.426. The number of halogens is 1. The van der Waals surface area contributed by atoms with Crippen molar-refractivity contribution in [1.82, 2.24) is 4.90 Å². The molecule has 0 radical (unpaired) electrons. The van der Waals surface area contributed by atoms with Crippen molar-refractivity contribution >= 4 is 17.3 Å². The lowest BCUT2D eigenvalue weighted by Gasteiger charge is -2.33. The van der Waals surface area contributed by atoms with Crippen molar-refractivity contribution in [2.45, 2.75) is 18.9 Å². The highest BCUT2D eigenvalue weighted by molar-refractivity contribution is 5.96. The Morgan fingerprint density at radius 3 is 2.52 bits per heavy atom. The van der Waals surface area contributed by atoms with E-state index in [4.69, 9.17) is 4.74 Å². The lowest BCUT2D eigenvalue weighted by molar-refractivity contribution is -0.384. The van der Waals surface area contributed by atoms with Gasteiger partial charge in [0.2, 0.25) is 0 Å². The standard InChI is InChI=1S/C21H22FN3O4/c22-17-6-3-15(4-7-17)20-14-24(11-12-29-20)21(26)16-5-8-18(19(13-16)25(27)28)23-9-1-2-10-23/h3-8,13,20H,1-2,9-12,14H2. The van der Waals surface area contributed by atoms with Crippen LogP contribution in [0.15, 0.2) is 42.5 Å². The first kappa shape index (κ1) is 19.3. The molecule has 0 saturated carbocycles. The Balaban J connectivity index is 1.54. The zero-order valence-electron chi connectivity index (χ0n) is 15.9. The highest BCUT2D eigenvalue weighted by atomic mass is 19.1. The minimum Gasteiger partial charge on any atom is -0.370 e. The predicted octanol–water partition coefficient (Wildman–Crippen LogP) is 3.55. The molecule has 0 N–H and O–H groups in total. The Morgan fingerprint density at radius 2 is 1.83 bits per heavy atom. The average molecular weight is 399 g/mol. The first-order valence-electron chi connectivity index (χ1n) is 9.72. The van der Waals surface area contributed by atoms with Crippen LogP contribution < -0.4 is 4.90 Å². The van der Waals surface area contributed by atoms with Gasteiger partial charge in [0.05, 0.1) is 18.1 Å². The van der Waals surface area contributed by atoms with E-state index in [0.29, 0.717) is 30.9 Å². The first-order valence-corrected chi connectivity index (χ1v) is 9.72. The van der Waals surface area contributed by atoms with E-state index in [1.807, 2.05) is 4.90 Å². The molecule has 7 nitrogen and oxygen atoms in total. The quantitative estimate of drug-likeness (QED) is 0.581. The van der Waals surface area contributed by atoms with Gasteiger partial charge in [0.25, 0.3) is 11.6 Å². The Labute approximate surface area is 167 Å². The van der Waals surface area contributed by atoms with Gasteiger partial charge >= 0.3 is 0 Å². The van der Waals surface area contributed by atoms with Crippen molar-refractivity contribution in [3.63, 3.8) is 0 Å². The van der Waals surface area contributed by atoms with Crippen LogP contribution in [0.2, 0.25) is 0 Å². The third-order valence-electron chi connectivity index (χ3n) is 5.46. The summed E-state index contributed by atoms with van der Waals surface area (Å²) in [6.45, 7) is 2.64. The summed E-state index contributed by atoms with van der Waals surface area (Å²) in [4.78, 5) is 27.8. The number of carbonyl (C=O) groups is 1. The molecule has 0 bridgehead atoms. The molecule has 2 aromatic carbocycles. The van der Waals surface area contributed by atoms with E-state index < -0.39 is 4.92 Å². The first-order chi connectivity index (χ1) is 14.0. The molecule has 1 amide bonds. The van der Waals surface area contributed by atoms with Crippen LogP contribution in [0, 0.1) is 15.9 Å². The van der Waals surface area contributed by atoms with Crippen LogP contribution in [0.4, 0.5) is 15.8 Å². The highest BCUT2D eigenvalue weighted by Gasteiger charge is 2.29. The van der Waals surface area contributed by atoms with Gasteiger partial charge in [-0.25, -0.2) is 4.39 Å². The van der Waals surface area contributed by atoms with Gasteiger partial charge in [0.15, 0.2) is 0 Å². The molecule has 2 fully saturated rings. The molecular formula is C21H22FN3O4. The zero-order chi connectivity index (χ0) is 20.4. The van der Waals surface area contributed by atoms with Crippen molar-refractivity contribution < 1.29 is 18.8 Å². The summed E-state index contributed by atoms with van der Waals surface area (Å²) in [6.07, 6.45) is 1.67. The summed E-state index contributed by atoms with van der Waals surface area (Å²) in [7, 11) is 0. The van der Waals surface area contributed by atoms with Crippen LogP contribution in [0.25, 0.3) is 0 Å². The third kappa shape index (κ3) is 4.07. The molecule has 2 saturated heterocycles. The Kier molecular flexibility index (Phi) is 5.44. The molecule has 1 unspecified atom stereocenters. The van der Waals surface area contributed by atoms with E-state index in [0.717, 1.165) is 31.5 Å². The van der Waals surface area contributed by atoms with Crippen LogP contribution in [0.3, 0.4) is 0 Å². The van der Waals surface area contributed by atoms with Crippen molar-refractivity contribution in [3.8, 4) is 0 Å². The lowest BCUT2D eigenvalue weighted by Crippen LogP contribution is -2.42. The van der Waals surface area contributed by atoms with Gasteiger partial charge in [-0.2, -0.15) is 0 Å². The number of amides is 1. The van der Waals surface area contributed by atoms with E-state index in [1.165, 1.54) is 18.2 Å². The van der Waals surface area contributed by atoms with E-state index >= 15 is 0 Å². The number of anilines is 1. The Morgan fingerprint density at radius 1 is 1.10 bits per heavy atom. The van der Waals surface area contributed by atoms with Crippen molar-refractivity contribution in [2.24, 2.45) is 0 Å². The fourth-order valence-corrected chi connectivity index (χ4v) is 3.92. The molecule has 4 rings (SSSR count). The molecule has 0 aliphatic carbocycles. The molecule has 2 heterocycles. The largest absolute Gasteiger partial charge is 0.370 e. The summed E-state index contributed by atoms with van der Waals surface area (Å²) in [5.74, 6) is -0.598. The van der Waals surface area contributed by atoms with E-state index in [1.54, 1.807) is 29.2 Å². The Bertz CT molecular complexity index is 913. The van der Waals surface area contributed by atoms with Crippen molar-refractivity contribution in [2.75, 3.05) is 37.7 Å². The van der Waals surface area contributed by atoms with E-state index in [-0.39, 0.29) is 23.5 Å². The summed E-state index contributed by atoms with van der Waals surface area (Å²) < 4.78 is 18.9. The van der Waals surface area contributed by atoms with Crippen LogP contribution in [0.1, 0.15) is 34.9 Å². The van der Waals surface area contributed by atoms with E-state index in [2.05, 4.69) is 0 Å². The summed E-state index contributed by atoms with van der Waals surface area (Å²) in [5, 5.41) is 11.6. The lowest BCUT2D eigenvalue weighted by atomic mass is 10.1. The number of benzene rings is 2. The number of hydrogen-bond donors (Lipinski definition) is 0. The normalized spacial score (nSPS) is 19.4. The van der Waals surface area contributed by atoms with Crippen LogP contribution in [-0.2, 0) is 4.74 Å². The maximum Gasteiger partial charge on any atom is 0.293 e. The van der Waals surface area contributed by atoms with Gasteiger partial charge in [-0.15, -0.1) is 0 Å². The predicted molar refractivity (Wildman–Crippen MR) is 106 cm³/mol. The SMILES string of the molecule is O=C(c1ccc(N2CCCC2)c([N+](=O)[O-])c1)N1CCOC(c2ccc(F)cc2)C1. The van der Waals surface area contributed by atoms with Gasteiger partial charge in [-0.1, -0.05) is 12.1 Å². The fourth-order valence-electron chi connectivity index (χ4n) is 3.92. The van der Waals surface area contributed by atoms with Crippen LogP contribution in [-0.4, -0.2) is 48.5 Å². The molecule has 0 aromatic heterocycles. The second kappa shape index (κ2) is 8.16. The fraction of sp³-hybridized carbons (Fsp3) is 0.381. The summed E-state index contributed by atoms with van der Waals surface area (Å²) >= 11 is 0. The number of nitrogens with zero attached hydrogens (tertiary/aromatic N) is 3. The monoisotopic (exact) mass is 399 g/mol. The van der Waals surface area contributed by atoms with Gasteiger partial charge in [-0.3, -0.25) is 14.9 Å². The Hall–Kier alpha value is -3.00. The number of morpholine rings is 1. The van der Waals surface area contributed by atoms with Crippen molar-refractivity contribution in [3.05, 3.63) is 69.5 Å². The van der Waals surface area contributed by atoms with Crippen LogP contribution >= 0.6 is 0 Å². The average Bonchev–Trinajstić information content (AvgIpc) is 3.28. The third-order valence-corrected chi connectivity index (χ3v) is 5.46. The molecule has 2 aromatic rings. The zero-order valence-corrected chi connectivity index (χ0v) is 15.9. The summed E-state index contributed by atoms with van der Waals surface area (Å²) in [5.41, 5.74) is 1.61. The molecular weight excluding hydrogens is 377 g/mol. The number of rotatable bonds is 4. The van der Waals surface area contributed by atoms with Crippen molar-refractivity contribution in [1.29, 1.82) is 0 Å². The number of ether oxygens (including phenoxy) is 1. The second-order valence-electron chi connectivity index (χ2n) is 7.32. The molecule has 8 heteroatoms. The van der Waals surface area contributed by atoms with Gasteiger partial charge in [0, 0.05) is 31.3 Å². The number of nitro groups is 1. The van der Waals surface area contributed by atoms with Gasteiger partial charge < -0.3 is 14.5 Å². The van der Waals surface area contributed by atoms with E-state index in [9.17, 15) is 19.3 Å². The molecule has 152 valence electrons. The summed E-state index contributed by atoms with van der Waals surface area (Å²) in [6, 6.07) is 10.7. The topological polar surface area (TPSA) is 75.9 Å². The number of hydrogen-bond acceptors (Lipinski definition) is 5.